The van der Waals surface area contributed by atoms with Crippen LogP contribution in [0.4, 0.5) is 0 Å². The summed E-state index contributed by atoms with van der Waals surface area (Å²) in [5.74, 6) is 0.0740. The zero-order chi connectivity index (χ0) is 12.8. The number of hydrogen-bond acceptors (Lipinski definition) is 3. The molecule has 98 valence electrons. The Hall–Kier alpha value is -1.39. The summed E-state index contributed by atoms with van der Waals surface area (Å²) < 4.78 is 0. The molecule has 0 radical (unpaired) electrons. The van der Waals surface area contributed by atoms with E-state index in [0.29, 0.717) is 12.6 Å². The van der Waals surface area contributed by atoms with Crippen LogP contribution >= 0.6 is 0 Å². The third kappa shape index (κ3) is 3.55. The summed E-state index contributed by atoms with van der Waals surface area (Å²) in [6.07, 6.45) is 3.11. The molecule has 2 rings (SSSR count). The van der Waals surface area contributed by atoms with Gasteiger partial charge in [0, 0.05) is 12.6 Å². The van der Waals surface area contributed by atoms with E-state index in [-0.39, 0.29) is 11.9 Å². The minimum Gasteiger partial charge on any atom is -0.351 e. The SMILES string of the molecule is CCCC1CC(C(=O)NCc2ccccc2)NN1. The first-order valence-electron chi connectivity index (χ1n) is 6.62. The van der Waals surface area contributed by atoms with Crippen LogP contribution in [0.5, 0.6) is 0 Å². The average molecular weight is 247 g/mol. The van der Waals surface area contributed by atoms with Crippen LogP contribution in [-0.2, 0) is 11.3 Å². The molecular weight excluding hydrogens is 226 g/mol. The van der Waals surface area contributed by atoms with Crippen molar-refractivity contribution < 1.29 is 4.79 Å². The van der Waals surface area contributed by atoms with Crippen LogP contribution < -0.4 is 16.2 Å². The number of nitrogens with one attached hydrogen (secondary N) is 3. The van der Waals surface area contributed by atoms with Gasteiger partial charge < -0.3 is 5.32 Å². The zero-order valence-corrected chi connectivity index (χ0v) is 10.8. The Balaban J connectivity index is 1.76. The van der Waals surface area contributed by atoms with Crippen molar-refractivity contribution in [1.29, 1.82) is 0 Å². The van der Waals surface area contributed by atoms with Gasteiger partial charge in [0.15, 0.2) is 0 Å². The lowest BCUT2D eigenvalue weighted by Crippen LogP contribution is -2.43. The van der Waals surface area contributed by atoms with Crippen molar-refractivity contribution in [2.45, 2.75) is 44.8 Å². The van der Waals surface area contributed by atoms with Crippen LogP contribution in [-0.4, -0.2) is 18.0 Å². The molecule has 4 nitrogen and oxygen atoms in total. The second-order valence-electron chi connectivity index (χ2n) is 4.77. The van der Waals surface area contributed by atoms with Crippen LogP contribution in [0.25, 0.3) is 0 Å². The Labute approximate surface area is 108 Å². The van der Waals surface area contributed by atoms with Gasteiger partial charge in [0.2, 0.25) is 5.91 Å². The first-order chi connectivity index (χ1) is 8.79. The number of carbonyl (C=O) groups is 1. The van der Waals surface area contributed by atoms with Gasteiger partial charge in [-0.2, -0.15) is 0 Å². The molecule has 1 aliphatic rings. The lowest BCUT2D eigenvalue weighted by atomic mass is 10.1. The fraction of sp³-hybridized carbons (Fsp3) is 0.500. The molecule has 2 unspecified atom stereocenters. The fourth-order valence-electron chi connectivity index (χ4n) is 2.24. The minimum atomic E-state index is -0.106. The zero-order valence-electron chi connectivity index (χ0n) is 10.8. The topological polar surface area (TPSA) is 53.2 Å². The monoisotopic (exact) mass is 247 g/mol. The number of rotatable bonds is 5. The van der Waals surface area contributed by atoms with Gasteiger partial charge in [0.1, 0.15) is 6.04 Å². The van der Waals surface area contributed by atoms with Crippen LogP contribution in [0.15, 0.2) is 30.3 Å². The van der Waals surface area contributed by atoms with Crippen molar-refractivity contribution in [1.82, 2.24) is 16.2 Å². The highest BCUT2D eigenvalue weighted by Gasteiger charge is 2.28. The van der Waals surface area contributed by atoms with E-state index in [0.717, 1.165) is 24.8 Å². The molecule has 18 heavy (non-hydrogen) atoms. The number of amides is 1. The molecule has 0 aromatic heterocycles. The van der Waals surface area contributed by atoms with E-state index in [4.69, 9.17) is 0 Å². The molecule has 1 heterocycles. The van der Waals surface area contributed by atoms with Gasteiger partial charge in [-0.25, -0.2) is 5.43 Å². The predicted molar refractivity (Wildman–Crippen MR) is 71.7 cm³/mol. The van der Waals surface area contributed by atoms with Gasteiger partial charge in [-0.3, -0.25) is 10.2 Å². The van der Waals surface area contributed by atoms with Crippen molar-refractivity contribution in [2.75, 3.05) is 0 Å². The van der Waals surface area contributed by atoms with E-state index in [1.54, 1.807) is 0 Å². The largest absolute Gasteiger partial charge is 0.351 e. The normalized spacial score (nSPS) is 22.9. The molecule has 3 N–H and O–H groups in total. The first kappa shape index (κ1) is 13.1. The molecule has 1 aromatic carbocycles. The summed E-state index contributed by atoms with van der Waals surface area (Å²) in [7, 11) is 0. The number of hydrogen-bond donors (Lipinski definition) is 3. The highest BCUT2D eigenvalue weighted by atomic mass is 16.2. The molecule has 1 aromatic rings. The van der Waals surface area contributed by atoms with E-state index in [1.807, 2.05) is 30.3 Å². The van der Waals surface area contributed by atoms with E-state index >= 15 is 0 Å². The summed E-state index contributed by atoms with van der Waals surface area (Å²) in [6, 6.07) is 10.3. The number of carbonyl (C=O) groups excluding carboxylic acids is 1. The van der Waals surface area contributed by atoms with Crippen molar-refractivity contribution in [3.63, 3.8) is 0 Å². The standard InChI is InChI=1S/C14H21N3O/c1-2-6-12-9-13(17-16-12)14(18)15-10-11-7-4-3-5-8-11/h3-5,7-8,12-13,16-17H,2,6,9-10H2,1H3,(H,15,18). The summed E-state index contributed by atoms with van der Waals surface area (Å²) in [6.45, 7) is 2.75. The van der Waals surface area contributed by atoms with Crippen molar-refractivity contribution in [2.24, 2.45) is 0 Å². The molecule has 2 atom stereocenters. The van der Waals surface area contributed by atoms with Crippen LogP contribution in [0.1, 0.15) is 31.7 Å². The van der Waals surface area contributed by atoms with Gasteiger partial charge in [-0.15, -0.1) is 0 Å². The van der Waals surface area contributed by atoms with Crippen molar-refractivity contribution in [3.05, 3.63) is 35.9 Å². The fourth-order valence-corrected chi connectivity index (χ4v) is 2.24. The Morgan fingerprint density at radius 2 is 2.11 bits per heavy atom. The summed E-state index contributed by atoms with van der Waals surface area (Å²) in [5.41, 5.74) is 7.37. The highest BCUT2D eigenvalue weighted by Crippen LogP contribution is 2.10. The quantitative estimate of drug-likeness (QED) is 0.736. The molecule has 1 aliphatic heterocycles. The highest BCUT2D eigenvalue weighted by molar-refractivity contribution is 5.82. The molecule has 1 fully saturated rings. The molecule has 0 spiro atoms. The average Bonchev–Trinajstić information content (AvgIpc) is 2.86. The summed E-state index contributed by atoms with van der Waals surface area (Å²) in [5, 5.41) is 2.96. The number of hydrazine groups is 1. The summed E-state index contributed by atoms with van der Waals surface area (Å²) in [4.78, 5) is 12.0. The van der Waals surface area contributed by atoms with Crippen LogP contribution in [0.3, 0.4) is 0 Å². The van der Waals surface area contributed by atoms with Gasteiger partial charge in [0.05, 0.1) is 0 Å². The Bertz CT molecular complexity index is 380. The minimum absolute atomic E-state index is 0.0740. The molecule has 1 saturated heterocycles. The number of benzene rings is 1. The third-order valence-electron chi connectivity index (χ3n) is 3.25. The van der Waals surface area contributed by atoms with E-state index < -0.39 is 0 Å². The summed E-state index contributed by atoms with van der Waals surface area (Å²) >= 11 is 0. The van der Waals surface area contributed by atoms with Crippen molar-refractivity contribution in [3.8, 4) is 0 Å². The van der Waals surface area contributed by atoms with E-state index in [2.05, 4.69) is 23.1 Å². The third-order valence-corrected chi connectivity index (χ3v) is 3.25. The maximum atomic E-state index is 12.0. The van der Waals surface area contributed by atoms with Crippen LogP contribution in [0, 0.1) is 0 Å². The van der Waals surface area contributed by atoms with Crippen LogP contribution in [0.2, 0.25) is 0 Å². The lowest BCUT2D eigenvalue weighted by molar-refractivity contribution is -0.123. The molecule has 0 aliphatic carbocycles. The van der Waals surface area contributed by atoms with Gasteiger partial charge in [-0.1, -0.05) is 43.7 Å². The van der Waals surface area contributed by atoms with E-state index in [9.17, 15) is 4.79 Å². The molecular formula is C14H21N3O. The molecule has 4 heteroatoms. The Morgan fingerprint density at radius 3 is 2.83 bits per heavy atom. The second kappa shape index (κ2) is 6.52. The lowest BCUT2D eigenvalue weighted by Gasteiger charge is -2.10. The van der Waals surface area contributed by atoms with Gasteiger partial charge >= 0.3 is 0 Å². The maximum absolute atomic E-state index is 12.0. The van der Waals surface area contributed by atoms with Gasteiger partial charge in [-0.05, 0) is 18.4 Å². The first-order valence-corrected chi connectivity index (χ1v) is 6.62. The van der Waals surface area contributed by atoms with E-state index in [1.165, 1.54) is 0 Å². The molecule has 1 amide bonds. The Morgan fingerprint density at radius 1 is 1.33 bits per heavy atom. The molecule has 0 bridgehead atoms. The Kier molecular flexibility index (Phi) is 4.73. The van der Waals surface area contributed by atoms with Gasteiger partial charge in [0.25, 0.3) is 0 Å². The maximum Gasteiger partial charge on any atom is 0.238 e. The van der Waals surface area contributed by atoms with Crippen molar-refractivity contribution >= 4 is 5.91 Å². The second-order valence-corrected chi connectivity index (χ2v) is 4.77. The smallest absolute Gasteiger partial charge is 0.238 e. The molecule has 0 saturated carbocycles. The predicted octanol–water partition coefficient (Wildman–Crippen LogP) is 1.34.